The van der Waals surface area contributed by atoms with Gasteiger partial charge in [0.25, 0.3) is 0 Å². The second kappa shape index (κ2) is 6.37. The normalized spacial score (nSPS) is 18.8. The van der Waals surface area contributed by atoms with Gasteiger partial charge in [0.15, 0.2) is 0 Å². The largest absolute Gasteiger partial charge is 0.358 e. The summed E-state index contributed by atoms with van der Waals surface area (Å²) in [5.41, 5.74) is 1.25. The van der Waals surface area contributed by atoms with Crippen LogP contribution in [0.3, 0.4) is 0 Å². The lowest BCUT2D eigenvalue weighted by molar-refractivity contribution is -0.141. The van der Waals surface area contributed by atoms with Crippen molar-refractivity contribution in [2.45, 2.75) is 26.1 Å². The maximum atomic E-state index is 12.3. The molecule has 21 heavy (non-hydrogen) atoms. The van der Waals surface area contributed by atoms with Crippen molar-refractivity contribution in [2.75, 3.05) is 13.7 Å². The number of urea groups is 1. The number of imide groups is 1. The molecule has 0 aromatic heterocycles. The molecule has 0 spiro atoms. The molecule has 1 unspecified atom stereocenters. The standard InChI is InChI=1S/C15H17N3O3/c1-3-21-14-8-13(19)17(2)15(20)18(14)10-12-7-5-4-6-11(12)9-16/h4-7,14H,3,8,10H2,1-2H3. The number of ether oxygens (including phenoxy) is 1. The van der Waals surface area contributed by atoms with Gasteiger partial charge in [-0.2, -0.15) is 5.26 Å². The van der Waals surface area contributed by atoms with Crippen LogP contribution >= 0.6 is 0 Å². The van der Waals surface area contributed by atoms with Gasteiger partial charge in [-0.1, -0.05) is 18.2 Å². The first-order chi connectivity index (χ1) is 10.1. The zero-order valence-corrected chi connectivity index (χ0v) is 12.1. The highest BCUT2D eigenvalue weighted by atomic mass is 16.5. The van der Waals surface area contributed by atoms with E-state index < -0.39 is 12.3 Å². The van der Waals surface area contributed by atoms with Crippen molar-refractivity contribution in [1.29, 1.82) is 5.26 Å². The van der Waals surface area contributed by atoms with E-state index in [1.807, 2.05) is 13.0 Å². The molecule has 1 saturated heterocycles. The lowest BCUT2D eigenvalue weighted by atomic mass is 10.1. The number of carbonyl (C=O) groups excluding carboxylic acids is 2. The second-order valence-electron chi connectivity index (χ2n) is 4.75. The Hall–Kier alpha value is -2.39. The van der Waals surface area contributed by atoms with Gasteiger partial charge in [0, 0.05) is 13.7 Å². The van der Waals surface area contributed by atoms with Crippen LogP contribution in [0.1, 0.15) is 24.5 Å². The highest BCUT2D eigenvalue weighted by Crippen LogP contribution is 2.21. The summed E-state index contributed by atoms with van der Waals surface area (Å²) in [5.74, 6) is -0.261. The average Bonchev–Trinajstić information content (AvgIpc) is 2.49. The molecular weight excluding hydrogens is 270 g/mol. The van der Waals surface area contributed by atoms with Crippen molar-refractivity contribution in [1.82, 2.24) is 9.80 Å². The lowest BCUT2D eigenvalue weighted by Crippen LogP contribution is -2.55. The maximum absolute atomic E-state index is 12.3. The highest BCUT2D eigenvalue weighted by Gasteiger charge is 2.37. The molecule has 1 aliphatic heterocycles. The van der Waals surface area contributed by atoms with Crippen molar-refractivity contribution in [3.63, 3.8) is 0 Å². The Balaban J connectivity index is 2.28. The number of rotatable bonds is 4. The van der Waals surface area contributed by atoms with Crippen molar-refractivity contribution in [3.05, 3.63) is 35.4 Å². The number of benzene rings is 1. The van der Waals surface area contributed by atoms with Gasteiger partial charge in [-0.25, -0.2) is 4.79 Å². The fourth-order valence-corrected chi connectivity index (χ4v) is 2.28. The molecule has 1 atom stereocenters. The molecule has 1 fully saturated rings. The molecule has 0 N–H and O–H groups in total. The van der Waals surface area contributed by atoms with Crippen LogP contribution in [0.4, 0.5) is 4.79 Å². The van der Waals surface area contributed by atoms with Crippen LogP contribution in [0.15, 0.2) is 24.3 Å². The molecule has 0 radical (unpaired) electrons. The molecule has 1 aromatic carbocycles. The number of hydrogen-bond donors (Lipinski definition) is 0. The Labute approximate surface area is 123 Å². The maximum Gasteiger partial charge on any atom is 0.328 e. The first-order valence-electron chi connectivity index (χ1n) is 6.75. The Morgan fingerprint density at radius 2 is 2.10 bits per heavy atom. The van der Waals surface area contributed by atoms with E-state index >= 15 is 0 Å². The van der Waals surface area contributed by atoms with Crippen LogP contribution in [0.5, 0.6) is 0 Å². The number of carbonyl (C=O) groups is 2. The third-order valence-electron chi connectivity index (χ3n) is 3.44. The molecule has 6 nitrogen and oxygen atoms in total. The highest BCUT2D eigenvalue weighted by molar-refractivity contribution is 5.96. The molecular formula is C15H17N3O3. The van der Waals surface area contributed by atoms with Gasteiger partial charge in [0.1, 0.15) is 6.23 Å². The van der Waals surface area contributed by atoms with Gasteiger partial charge in [-0.15, -0.1) is 0 Å². The minimum atomic E-state index is -0.585. The summed E-state index contributed by atoms with van der Waals surface area (Å²) in [6.45, 7) is 2.46. The molecule has 0 saturated carbocycles. The Morgan fingerprint density at radius 1 is 1.38 bits per heavy atom. The zero-order valence-electron chi connectivity index (χ0n) is 12.1. The molecule has 0 aliphatic carbocycles. The van der Waals surface area contributed by atoms with Crippen molar-refractivity contribution in [3.8, 4) is 6.07 Å². The Kier molecular flexibility index (Phi) is 4.55. The molecule has 0 bridgehead atoms. The van der Waals surface area contributed by atoms with Gasteiger partial charge in [0.2, 0.25) is 5.91 Å². The third-order valence-corrected chi connectivity index (χ3v) is 3.44. The number of hydrogen-bond acceptors (Lipinski definition) is 4. The van der Waals surface area contributed by atoms with Gasteiger partial charge in [0.05, 0.1) is 24.6 Å². The summed E-state index contributed by atoms with van der Waals surface area (Å²) in [6.07, 6.45) is -0.455. The van der Waals surface area contributed by atoms with Crippen LogP contribution in [0.25, 0.3) is 0 Å². The van der Waals surface area contributed by atoms with E-state index in [2.05, 4.69) is 6.07 Å². The molecule has 3 amide bonds. The van der Waals surface area contributed by atoms with Crippen LogP contribution < -0.4 is 0 Å². The van der Waals surface area contributed by atoms with Gasteiger partial charge in [-0.3, -0.25) is 14.6 Å². The van der Waals surface area contributed by atoms with E-state index in [0.717, 1.165) is 10.5 Å². The van der Waals surface area contributed by atoms with Crippen molar-refractivity contribution < 1.29 is 14.3 Å². The molecule has 1 heterocycles. The van der Waals surface area contributed by atoms with Gasteiger partial charge in [-0.05, 0) is 18.6 Å². The fourth-order valence-electron chi connectivity index (χ4n) is 2.28. The Bertz CT molecular complexity index is 594. The second-order valence-corrected chi connectivity index (χ2v) is 4.75. The van der Waals surface area contributed by atoms with E-state index in [9.17, 15) is 9.59 Å². The third kappa shape index (κ3) is 3.03. The van der Waals surface area contributed by atoms with Crippen LogP contribution in [-0.2, 0) is 16.1 Å². The summed E-state index contributed by atoms with van der Waals surface area (Å²) in [4.78, 5) is 26.6. The number of nitrogens with zero attached hydrogens (tertiary/aromatic N) is 3. The minimum absolute atomic E-state index is 0.130. The molecule has 2 rings (SSSR count). The molecule has 110 valence electrons. The van der Waals surface area contributed by atoms with Crippen molar-refractivity contribution >= 4 is 11.9 Å². The van der Waals surface area contributed by atoms with E-state index in [1.165, 1.54) is 11.9 Å². The Morgan fingerprint density at radius 3 is 2.76 bits per heavy atom. The van der Waals surface area contributed by atoms with Crippen LogP contribution in [0.2, 0.25) is 0 Å². The predicted octanol–water partition coefficient (Wildman–Crippen LogP) is 1.70. The molecule has 1 aliphatic rings. The van der Waals surface area contributed by atoms with E-state index in [4.69, 9.17) is 10.00 Å². The molecule has 1 aromatic rings. The predicted molar refractivity (Wildman–Crippen MR) is 74.9 cm³/mol. The minimum Gasteiger partial charge on any atom is -0.358 e. The van der Waals surface area contributed by atoms with Crippen LogP contribution in [-0.4, -0.2) is 41.6 Å². The fraction of sp³-hybridized carbons (Fsp3) is 0.400. The van der Waals surface area contributed by atoms with Crippen LogP contribution in [0, 0.1) is 11.3 Å². The SMILES string of the molecule is CCOC1CC(=O)N(C)C(=O)N1Cc1ccccc1C#N. The topological polar surface area (TPSA) is 73.6 Å². The summed E-state index contributed by atoms with van der Waals surface area (Å²) in [7, 11) is 1.45. The van der Waals surface area contributed by atoms with Crippen molar-refractivity contribution in [2.24, 2.45) is 0 Å². The summed E-state index contributed by atoms with van der Waals surface area (Å²) >= 11 is 0. The van der Waals surface area contributed by atoms with E-state index in [1.54, 1.807) is 18.2 Å². The summed E-state index contributed by atoms with van der Waals surface area (Å²) in [6, 6.07) is 8.79. The quantitative estimate of drug-likeness (QED) is 0.845. The lowest BCUT2D eigenvalue weighted by Gasteiger charge is -2.38. The van der Waals surface area contributed by atoms with Gasteiger partial charge >= 0.3 is 6.03 Å². The monoisotopic (exact) mass is 287 g/mol. The summed E-state index contributed by atoms with van der Waals surface area (Å²) < 4.78 is 5.50. The first kappa shape index (κ1) is 15.0. The average molecular weight is 287 g/mol. The van der Waals surface area contributed by atoms with E-state index in [-0.39, 0.29) is 18.9 Å². The molecule has 6 heteroatoms. The number of amides is 3. The zero-order chi connectivity index (χ0) is 15.4. The smallest absolute Gasteiger partial charge is 0.328 e. The first-order valence-corrected chi connectivity index (χ1v) is 6.75. The number of nitriles is 1. The van der Waals surface area contributed by atoms with Gasteiger partial charge < -0.3 is 4.74 Å². The van der Waals surface area contributed by atoms with E-state index in [0.29, 0.717) is 12.2 Å². The summed E-state index contributed by atoms with van der Waals surface area (Å²) in [5, 5.41) is 9.13.